The van der Waals surface area contributed by atoms with Crippen LogP contribution in [0.15, 0.2) is 24.4 Å². The third-order valence-corrected chi connectivity index (χ3v) is 6.12. The summed E-state index contributed by atoms with van der Waals surface area (Å²) in [6.07, 6.45) is 3.21. The molecule has 2 amide bonds. The fourth-order valence-electron chi connectivity index (χ4n) is 4.17. The van der Waals surface area contributed by atoms with E-state index < -0.39 is 11.7 Å². The van der Waals surface area contributed by atoms with Crippen LogP contribution in [0.25, 0.3) is 0 Å². The Morgan fingerprint density at radius 3 is 2.67 bits per heavy atom. The van der Waals surface area contributed by atoms with Crippen molar-refractivity contribution in [1.29, 1.82) is 0 Å². The molecule has 3 heterocycles. The van der Waals surface area contributed by atoms with Gasteiger partial charge in [0, 0.05) is 39.3 Å². The second-order valence-corrected chi connectivity index (χ2v) is 8.38. The van der Waals surface area contributed by atoms with Crippen molar-refractivity contribution >= 4 is 11.8 Å². The summed E-state index contributed by atoms with van der Waals surface area (Å²) in [6, 6.07) is 4.61. The van der Waals surface area contributed by atoms with E-state index in [2.05, 4.69) is 22.4 Å². The number of likely N-dealkylation sites (N-methyl/N-ethyl adjacent to an activating group) is 1. The molecule has 2 aliphatic heterocycles. The minimum absolute atomic E-state index is 0.0377. The van der Waals surface area contributed by atoms with Crippen LogP contribution in [0.5, 0.6) is 0 Å². The Morgan fingerprint density at radius 1 is 1.17 bits per heavy atom. The van der Waals surface area contributed by atoms with Crippen LogP contribution in [0.4, 0.5) is 4.39 Å². The van der Waals surface area contributed by atoms with Crippen molar-refractivity contribution in [3.8, 4) is 0 Å². The van der Waals surface area contributed by atoms with E-state index in [0.29, 0.717) is 25.1 Å². The second-order valence-electron chi connectivity index (χ2n) is 8.38. The first-order chi connectivity index (χ1) is 14.4. The summed E-state index contributed by atoms with van der Waals surface area (Å²) in [5.74, 6) is -0.684. The first kappa shape index (κ1) is 20.5. The highest BCUT2D eigenvalue weighted by Gasteiger charge is 2.29. The zero-order valence-electron chi connectivity index (χ0n) is 17.5. The number of carbonyl (C=O) groups is 2. The second kappa shape index (κ2) is 8.55. The van der Waals surface area contributed by atoms with E-state index in [1.54, 1.807) is 19.2 Å². The Morgan fingerprint density at radius 2 is 1.93 bits per heavy atom. The Kier molecular flexibility index (Phi) is 5.85. The number of hydrogen-bond donors (Lipinski definition) is 1. The van der Waals surface area contributed by atoms with Gasteiger partial charge in [-0.3, -0.25) is 14.3 Å². The minimum Gasteiger partial charge on any atom is -0.352 e. The molecule has 1 fully saturated rings. The van der Waals surface area contributed by atoms with Crippen LogP contribution < -0.4 is 5.32 Å². The van der Waals surface area contributed by atoms with Gasteiger partial charge in [-0.15, -0.1) is 0 Å². The zero-order valence-corrected chi connectivity index (χ0v) is 17.5. The molecular formula is C22H28FN5O2. The molecular weight excluding hydrogens is 385 g/mol. The van der Waals surface area contributed by atoms with Gasteiger partial charge >= 0.3 is 0 Å². The first-order valence-electron chi connectivity index (χ1n) is 10.5. The first-order valence-corrected chi connectivity index (χ1v) is 10.5. The number of halogens is 1. The molecule has 1 saturated heterocycles. The number of carbonyl (C=O) groups excluding carboxylic acids is 2. The van der Waals surface area contributed by atoms with Crippen molar-refractivity contribution in [2.24, 2.45) is 5.92 Å². The van der Waals surface area contributed by atoms with Crippen molar-refractivity contribution in [2.45, 2.75) is 26.3 Å². The molecule has 0 bridgehead atoms. The van der Waals surface area contributed by atoms with Gasteiger partial charge in [0.05, 0.1) is 23.0 Å². The van der Waals surface area contributed by atoms with Gasteiger partial charge in [0.25, 0.3) is 11.8 Å². The SMILES string of the molecule is Cc1ccc(C(=O)NC[C@@H]2CCn3ncc(C(=O)N4CCN(C)CC4)c3C2)c(F)c1. The van der Waals surface area contributed by atoms with E-state index in [9.17, 15) is 14.0 Å². The van der Waals surface area contributed by atoms with Crippen molar-refractivity contribution in [1.82, 2.24) is 24.9 Å². The summed E-state index contributed by atoms with van der Waals surface area (Å²) in [7, 11) is 2.06. The fourth-order valence-corrected chi connectivity index (χ4v) is 4.17. The minimum atomic E-state index is -0.505. The van der Waals surface area contributed by atoms with Crippen LogP contribution in [-0.4, -0.2) is 71.2 Å². The lowest BCUT2D eigenvalue weighted by molar-refractivity contribution is 0.0661. The summed E-state index contributed by atoms with van der Waals surface area (Å²) in [6.45, 7) is 6.14. The highest BCUT2D eigenvalue weighted by atomic mass is 19.1. The van der Waals surface area contributed by atoms with E-state index in [1.807, 2.05) is 9.58 Å². The van der Waals surface area contributed by atoms with E-state index >= 15 is 0 Å². The molecule has 8 heteroatoms. The molecule has 1 aromatic carbocycles. The predicted octanol–water partition coefficient (Wildman–Crippen LogP) is 1.71. The molecule has 1 atom stereocenters. The third kappa shape index (κ3) is 4.23. The van der Waals surface area contributed by atoms with Crippen LogP contribution in [0, 0.1) is 18.7 Å². The highest BCUT2D eigenvalue weighted by Crippen LogP contribution is 2.24. The van der Waals surface area contributed by atoms with Crippen LogP contribution in [0.3, 0.4) is 0 Å². The molecule has 30 heavy (non-hydrogen) atoms. The summed E-state index contributed by atoms with van der Waals surface area (Å²) < 4.78 is 16.0. The Labute approximate surface area is 175 Å². The molecule has 160 valence electrons. The number of nitrogens with zero attached hydrogens (tertiary/aromatic N) is 4. The monoisotopic (exact) mass is 413 g/mol. The van der Waals surface area contributed by atoms with Gasteiger partial charge in [0.15, 0.2) is 0 Å². The van der Waals surface area contributed by atoms with Gasteiger partial charge in [-0.25, -0.2) is 4.39 Å². The summed E-state index contributed by atoms with van der Waals surface area (Å²) in [5, 5.41) is 7.27. The van der Waals surface area contributed by atoms with Crippen LogP contribution >= 0.6 is 0 Å². The largest absolute Gasteiger partial charge is 0.352 e. The van der Waals surface area contributed by atoms with E-state index in [0.717, 1.165) is 43.9 Å². The number of benzene rings is 1. The Balaban J connectivity index is 1.39. The Bertz CT molecular complexity index is 949. The molecule has 0 unspecified atom stereocenters. The van der Waals surface area contributed by atoms with Gasteiger partial charge < -0.3 is 15.1 Å². The summed E-state index contributed by atoms with van der Waals surface area (Å²) in [4.78, 5) is 29.5. The van der Waals surface area contributed by atoms with Gasteiger partial charge in [-0.05, 0) is 50.4 Å². The number of fused-ring (bicyclic) bond motifs is 1. The number of amides is 2. The van der Waals surface area contributed by atoms with Crippen LogP contribution in [0.2, 0.25) is 0 Å². The number of piperazine rings is 1. The summed E-state index contributed by atoms with van der Waals surface area (Å²) >= 11 is 0. The van der Waals surface area contributed by atoms with Crippen LogP contribution in [0.1, 0.15) is 38.4 Å². The molecule has 2 aromatic rings. The predicted molar refractivity (Wildman–Crippen MR) is 111 cm³/mol. The van der Waals surface area contributed by atoms with E-state index in [-0.39, 0.29) is 17.4 Å². The molecule has 0 radical (unpaired) electrons. The average Bonchev–Trinajstić information content (AvgIpc) is 3.15. The molecule has 2 aliphatic rings. The molecule has 0 aliphatic carbocycles. The molecule has 0 saturated carbocycles. The Hall–Kier alpha value is -2.74. The van der Waals surface area contributed by atoms with Crippen molar-refractivity contribution < 1.29 is 14.0 Å². The topological polar surface area (TPSA) is 70.5 Å². The smallest absolute Gasteiger partial charge is 0.257 e. The number of hydrogen-bond acceptors (Lipinski definition) is 4. The standard InChI is InChI=1S/C22H28FN5O2/c1-15-3-4-17(19(23)11-15)21(29)24-13-16-5-6-28-20(12-16)18(14-25-28)22(30)27-9-7-26(2)8-10-27/h3-4,11,14,16H,5-10,12-13H2,1-2H3,(H,24,29)/t16-/m1/s1. The van der Waals surface area contributed by atoms with Gasteiger partial charge in [-0.2, -0.15) is 5.10 Å². The fraction of sp³-hybridized carbons (Fsp3) is 0.500. The normalized spacial score (nSPS) is 19.4. The lowest BCUT2D eigenvalue weighted by atomic mass is 9.94. The number of rotatable bonds is 4. The number of aryl methyl sites for hydroxylation is 2. The maximum Gasteiger partial charge on any atom is 0.257 e. The van der Waals surface area contributed by atoms with Crippen molar-refractivity contribution in [2.75, 3.05) is 39.8 Å². The maximum absolute atomic E-state index is 14.0. The molecule has 1 aromatic heterocycles. The van der Waals surface area contributed by atoms with Gasteiger partial charge in [-0.1, -0.05) is 6.07 Å². The third-order valence-electron chi connectivity index (χ3n) is 6.12. The molecule has 1 N–H and O–H groups in total. The quantitative estimate of drug-likeness (QED) is 0.829. The lowest BCUT2D eigenvalue weighted by Crippen LogP contribution is -2.47. The van der Waals surface area contributed by atoms with E-state index in [1.165, 1.54) is 12.1 Å². The van der Waals surface area contributed by atoms with E-state index in [4.69, 9.17) is 0 Å². The van der Waals surface area contributed by atoms with Crippen molar-refractivity contribution in [3.63, 3.8) is 0 Å². The number of aromatic nitrogens is 2. The van der Waals surface area contributed by atoms with Crippen molar-refractivity contribution in [3.05, 3.63) is 52.6 Å². The highest BCUT2D eigenvalue weighted by molar-refractivity contribution is 5.95. The maximum atomic E-state index is 14.0. The number of nitrogens with one attached hydrogen (secondary N) is 1. The van der Waals surface area contributed by atoms with Crippen LogP contribution in [-0.2, 0) is 13.0 Å². The molecule has 4 rings (SSSR count). The van der Waals surface area contributed by atoms with Gasteiger partial charge in [0.1, 0.15) is 5.82 Å². The van der Waals surface area contributed by atoms with Gasteiger partial charge in [0.2, 0.25) is 0 Å². The molecule has 7 nitrogen and oxygen atoms in total. The summed E-state index contributed by atoms with van der Waals surface area (Å²) in [5.41, 5.74) is 2.45. The lowest BCUT2D eigenvalue weighted by Gasteiger charge is -2.32. The molecule has 0 spiro atoms. The zero-order chi connectivity index (χ0) is 21.3. The average molecular weight is 413 g/mol.